The molecule has 0 spiro atoms. The van der Waals surface area contributed by atoms with Crippen LogP contribution in [0.4, 0.5) is 17.5 Å². The Morgan fingerprint density at radius 1 is 1.33 bits per heavy atom. The maximum atomic E-state index is 5.61. The minimum Gasteiger partial charge on any atom is -0.384 e. The minimum absolute atomic E-state index is 0. The molecular formula is C12H13N6+. The molecule has 0 saturated carbocycles. The molecule has 0 saturated heterocycles. The minimum atomic E-state index is 0. The molecule has 2 heterocycles. The molecule has 3 rings (SSSR count). The van der Waals surface area contributed by atoms with E-state index in [0.29, 0.717) is 11.8 Å². The molecule has 2 aromatic heterocycles. The second-order valence-electron chi connectivity index (χ2n) is 3.97. The molecule has 0 bridgehead atoms. The SMILES string of the molecule is Cn1ncc2ccc(Nc3nccc(N)n3)cc21.[H+]. The number of hydrogen-bond donors (Lipinski definition) is 2. The quantitative estimate of drug-likeness (QED) is 0.715. The monoisotopic (exact) mass is 241 g/mol. The zero-order valence-electron chi connectivity index (χ0n) is 10.8. The normalized spacial score (nSPS) is 10.7. The van der Waals surface area contributed by atoms with Crippen molar-refractivity contribution in [3.63, 3.8) is 0 Å². The van der Waals surface area contributed by atoms with Crippen molar-refractivity contribution in [2.45, 2.75) is 0 Å². The van der Waals surface area contributed by atoms with Gasteiger partial charge in [-0.3, -0.25) is 4.68 Å². The molecule has 0 atom stereocenters. The predicted molar refractivity (Wildman–Crippen MR) is 71.6 cm³/mol. The number of hydrogen-bond acceptors (Lipinski definition) is 5. The number of aryl methyl sites for hydroxylation is 1. The highest BCUT2D eigenvalue weighted by atomic mass is 15.2. The van der Waals surface area contributed by atoms with Gasteiger partial charge >= 0.3 is 1.43 Å². The van der Waals surface area contributed by atoms with E-state index in [0.717, 1.165) is 16.6 Å². The van der Waals surface area contributed by atoms with Crippen LogP contribution in [0.25, 0.3) is 10.9 Å². The molecular weight excluding hydrogens is 228 g/mol. The fourth-order valence-corrected chi connectivity index (χ4v) is 1.78. The zero-order valence-corrected chi connectivity index (χ0v) is 9.83. The summed E-state index contributed by atoms with van der Waals surface area (Å²) in [6.45, 7) is 0. The first-order valence-corrected chi connectivity index (χ1v) is 5.50. The van der Waals surface area contributed by atoms with Gasteiger partial charge in [-0.2, -0.15) is 10.1 Å². The van der Waals surface area contributed by atoms with Crippen LogP contribution in [0.5, 0.6) is 0 Å². The molecule has 1 aromatic carbocycles. The van der Waals surface area contributed by atoms with Crippen LogP contribution in [0, 0.1) is 0 Å². The first-order chi connectivity index (χ1) is 8.72. The van der Waals surface area contributed by atoms with E-state index in [9.17, 15) is 0 Å². The molecule has 3 aromatic rings. The van der Waals surface area contributed by atoms with Crippen molar-refractivity contribution >= 4 is 28.4 Å². The highest BCUT2D eigenvalue weighted by molar-refractivity contribution is 5.82. The Labute approximate surface area is 105 Å². The van der Waals surface area contributed by atoms with Gasteiger partial charge in [-0.1, -0.05) is 0 Å². The summed E-state index contributed by atoms with van der Waals surface area (Å²) in [4.78, 5) is 8.19. The highest BCUT2D eigenvalue weighted by Crippen LogP contribution is 2.20. The number of nitrogens with zero attached hydrogens (tertiary/aromatic N) is 4. The zero-order chi connectivity index (χ0) is 12.5. The Balaban J connectivity index is 0.00000133. The summed E-state index contributed by atoms with van der Waals surface area (Å²) in [5.41, 5.74) is 7.55. The maximum Gasteiger partial charge on any atom is 1.00 e. The van der Waals surface area contributed by atoms with Crippen molar-refractivity contribution in [2.24, 2.45) is 7.05 Å². The number of benzene rings is 1. The Morgan fingerprint density at radius 2 is 2.22 bits per heavy atom. The molecule has 6 nitrogen and oxygen atoms in total. The maximum absolute atomic E-state index is 5.61. The number of nitrogen functional groups attached to an aromatic ring is 1. The smallest absolute Gasteiger partial charge is 0.384 e. The van der Waals surface area contributed by atoms with Gasteiger partial charge < -0.3 is 11.1 Å². The predicted octanol–water partition coefficient (Wildman–Crippen LogP) is 1.80. The van der Waals surface area contributed by atoms with E-state index in [4.69, 9.17) is 5.73 Å². The molecule has 0 fully saturated rings. The van der Waals surface area contributed by atoms with Crippen LogP contribution in [0.2, 0.25) is 0 Å². The second-order valence-corrected chi connectivity index (χ2v) is 3.97. The van der Waals surface area contributed by atoms with Crippen molar-refractivity contribution < 1.29 is 1.43 Å². The van der Waals surface area contributed by atoms with E-state index in [1.165, 1.54) is 0 Å². The van der Waals surface area contributed by atoms with E-state index in [1.807, 2.05) is 36.1 Å². The lowest BCUT2D eigenvalue weighted by Gasteiger charge is -2.05. The first-order valence-electron chi connectivity index (χ1n) is 5.50. The lowest BCUT2D eigenvalue weighted by Crippen LogP contribution is -1.99. The number of nitrogens with one attached hydrogen (secondary N) is 1. The van der Waals surface area contributed by atoms with Gasteiger partial charge in [0.2, 0.25) is 5.95 Å². The molecule has 0 radical (unpaired) electrons. The van der Waals surface area contributed by atoms with Gasteiger partial charge in [0, 0.05) is 24.3 Å². The van der Waals surface area contributed by atoms with E-state index >= 15 is 0 Å². The third-order valence-corrected chi connectivity index (χ3v) is 2.68. The topological polar surface area (TPSA) is 81.7 Å². The Kier molecular flexibility index (Phi) is 2.33. The molecule has 6 heteroatoms. The van der Waals surface area contributed by atoms with Gasteiger partial charge in [0.05, 0.1) is 11.7 Å². The van der Waals surface area contributed by atoms with Crippen LogP contribution in [-0.4, -0.2) is 19.7 Å². The van der Waals surface area contributed by atoms with Crippen molar-refractivity contribution in [3.05, 3.63) is 36.7 Å². The Hall–Kier alpha value is -2.63. The van der Waals surface area contributed by atoms with Gasteiger partial charge in [-0.05, 0) is 24.3 Å². The third kappa shape index (κ3) is 1.84. The van der Waals surface area contributed by atoms with Crippen molar-refractivity contribution in [1.29, 1.82) is 0 Å². The average Bonchev–Trinajstić information content (AvgIpc) is 2.71. The summed E-state index contributed by atoms with van der Waals surface area (Å²) in [5, 5.41) is 8.40. The Bertz CT molecular complexity index is 708. The largest absolute Gasteiger partial charge is 1.00 e. The molecule has 0 unspecified atom stereocenters. The number of fused-ring (bicyclic) bond motifs is 1. The fourth-order valence-electron chi connectivity index (χ4n) is 1.78. The summed E-state index contributed by atoms with van der Waals surface area (Å²) >= 11 is 0. The van der Waals surface area contributed by atoms with Crippen molar-refractivity contribution in [3.8, 4) is 0 Å². The van der Waals surface area contributed by atoms with E-state index in [-0.39, 0.29) is 1.43 Å². The van der Waals surface area contributed by atoms with Crippen LogP contribution in [0.3, 0.4) is 0 Å². The molecule has 0 amide bonds. The second kappa shape index (κ2) is 3.99. The summed E-state index contributed by atoms with van der Waals surface area (Å²) in [5.74, 6) is 0.922. The van der Waals surface area contributed by atoms with Crippen LogP contribution >= 0.6 is 0 Å². The lowest BCUT2D eigenvalue weighted by atomic mass is 10.2. The standard InChI is InChI=1S/C12H12N6/c1-18-10-6-9(3-2-8(10)7-15-18)16-12-14-5-4-11(13)17-12/h2-7H,1H3,(H3,13,14,16,17)/p+1. The number of nitrogens with two attached hydrogens (primary N) is 1. The molecule has 3 N–H and O–H groups in total. The van der Waals surface area contributed by atoms with Gasteiger partial charge in [0.15, 0.2) is 0 Å². The van der Waals surface area contributed by atoms with Crippen molar-refractivity contribution in [1.82, 2.24) is 19.7 Å². The molecule has 0 aliphatic rings. The van der Waals surface area contributed by atoms with Crippen LogP contribution < -0.4 is 11.1 Å². The van der Waals surface area contributed by atoms with E-state index < -0.39 is 0 Å². The average molecular weight is 241 g/mol. The van der Waals surface area contributed by atoms with Gasteiger partial charge in [0.25, 0.3) is 0 Å². The molecule has 0 aliphatic heterocycles. The molecule has 18 heavy (non-hydrogen) atoms. The number of rotatable bonds is 2. The van der Waals surface area contributed by atoms with Gasteiger partial charge in [-0.15, -0.1) is 0 Å². The number of anilines is 3. The summed E-state index contributed by atoms with van der Waals surface area (Å²) in [7, 11) is 1.91. The number of aromatic nitrogens is 4. The summed E-state index contributed by atoms with van der Waals surface area (Å²) < 4.78 is 1.82. The lowest BCUT2D eigenvalue weighted by molar-refractivity contribution is 0.797. The van der Waals surface area contributed by atoms with Crippen molar-refractivity contribution in [2.75, 3.05) is 11.1 Å². The van der Waals surface area contributed by atoms with Gasteiger partial charge in [-0.25, -0.2) is 4.98 Å². The van der Waals surface area contributed by atoms with Crippen LogP contribution in [0.15, 0.2) is 36.7 Å². The third-order valence-electron chi connectivity index (χ3n) is 2.68. The summed E-state index contributed by atoms with van der Waals surface area (Å²) in [6, 6.07) is 7.60. The van der Waals surface area contributed by atoms with E-state index in [2.05, 4.69) is 20.4 Å². The van der Waals surface area contributed by atoms with Gasteiger partial charge in [0.1, 0.15) is 5.82 Å². The highest BCUT2D eigenvalue weighted by Gasteiger charge is 2.02. The van der Waals surface area contributed by atoms with E-state index in [1.54, 1.807) is 12.3 Å². The van der Waals surface area contributed by atoms with Crippen LogP contribution in [-0.2, 0) is 7.05 Å². The molecule has 90 valence electrons. The first kappa shape index (κ1) is 10.5. The molecule has 0 aliphatic carbocycles. The van der Waals surface area contributed by atoms with Crippen LogP contribution in [0.1, 0.15) is 1.43 Å². The Morgan fingerprint density at radius 3 is 3.06 bits per heavy atom. The fraction of sp³-hybridized carbons (Fsp3) is 0.0833. The summed E-state index contributed by atoms with van der Waals surface area (Å²) in [6.07, 6.45) is 3.45.